The number of nitrogens with zero attached hydrogens (tertiary/aromatic N) is 2. The molecule has 0 radical (unpaired) electrons. The Hall–Kier alpha value is -2.79. The van der Waals surface area contributed by atoms with E-state index < -0.39 is 0 Å². The summed E-state index contributed by atoms with van der Waals surface area (Å²) >= 11 is 6.44. The van der Waals surface area contributed by atoms with Crippen LogP contribution < -0.4 is 10.1 Å². The van der Waals surface area contributed by atoms with Crippen molar-refractivity contribution in [2.24, 2.45) is 0 Å². The number of nitrogens with one attached hydrogen (secondary N) is 1. The van der Waals surface area contributed by atoms with Crippen LogP contribution in [-0.4, -0.2) is 28.3 Å². The van der Waals surface area contributed by atoms with Gasteiger partial charge in [-0.25, -0.2) is 4.68 Å². The van der Waals surface area contributed by atoms with Gasteiger partial charge in [0.1, 0.15) is 10.9 Å². The van der Waals surface area contributed by atoms with Crippen molar-refractivity contribution in [3.05, 3.63) is 76.6 Å². The number of carbonyl (C=O) groups excluding carboxylic acids is 1. The first kappa shape index (κ1) is 20.0. The second-order valence-corrected chi connectivity index (χ2v) is 7.17. The highest BCUT2D eigenvalue weighted by Gasteiger charge is 2.20. The Morgan fingerprint density at radius 2 is 1.82 bits per heavy atom. The molecule has 0 atom stereocenters. The van der Waals surface area contributed by atoms with E-state index in [1.165, 1.54) is 0 Å². The molecule has 6 heteroatoms. The highest BCUT2D eigenvalue weighted by Crippen LogP contribution is 2.23. The van der Waals surface area contributed by atoms with Gasteiger partial charge in [0.25, 0.3) is 5.91 Å². The van der Waals surface area contributed by atoms with Crippen LogP contribution >= 0.6 is 11.6 Å². The minimum absolute atomic E-state index is 0.148. The minimum atomic E-state index is -0.218. The lowest BCUT2D eigenvalue weighted by atomic mass is 10.1. The number of aryl methyl sites for hydroxylation is 1. The van der Waals surface area contributed by atoms with Crippen molar-refractivity contribution in [2.45, 2.75) is 33.3 Å². The quantitative estimate of drug-likeness (QED) is 0.634. The maximum Gasteiger partial charge on any atom is 0.256 e. The van der Waals surface area contributed by atoms with Crippen LogP contribution in [0, 0.1) is 6.92 Å². The maximum atomic E-state index is 12.6. The van der Waals surface area contributed by atoms with E-state index in [2.05, 4.69) is 10.4 Å². The second-order valence-electron chi connectivity index (χ2n) is 6.82. The molecule has 2 aromatic carbocycles. The third-order valence-electron chi connectivity index (χ3n) is 4.23. The van der Waals surface area contributed by atoms with Crippen LogP contribution in [0.3, 0.4) is 0 Å². The molecule has 0 aliphatic rings. The number of para-hydroxylation sites is 1. The molecule has 0 spiro atoms. The first-order valence-electron chi connectivity index (χ1n) is 9.30. The third kappa shape index (κ3) is 4.73. The molecule has 0 saturated heterocycles. The molecule has 1 aromatic heterocycles. The molecule has 146 valence electrons. The number of rotatable bonds is 7. The molecule has 3 rings (SSSR count). The van der Waals surface area contributed by atoms with Crippen LogP contribution in [0.1, 0.15) is 35.5 Å². The first-order chi connectivity index (χ1) is 13.5. The Morgan fingerprint density at radius 1 is 1.14 bits per heavy atom. The van der Waals surface area contributed by atoms with Gasteiger partial charge in [0.15, 0.2) is 0 Å². The van der Waals surface area contributed by atoms with Crippen molar-refractivity contribution in [3.8, 4) is 11.4 Å². The summed E-state index contributed by atoms with van der Waals surface area (Å²) < 4.78 is 7.22. The molecule has 1 amide bonds. The van der Waals surface area contributed by atoms with E-state index in [4.69, 9.17) is 16.3 Å². The number of hydrogen-bond acceptors (Lipinski definition) is 3. The van der Waals surface area contributed by atoms with Crippen molar-refractivity contribution in [3.63, 3.8) is 0 Å². The van der Waals surface area contributed by atoms with Crippen LogP contribution in [0.5, 0.6) is 5.75 Å². The van der Waals surface area contributed by atoms with Crippen molar-refractivity contribution in [1.82, 2.24) is 15.1 Å². The molecule has 0 fully saturated rings. The molecule has 5 nitrogen and oxygen atoms in total. The van der Waals surface area contributed by atoms with E-state index >= 15 is 0 Å². The van der Waals surface area contributed by atoms with E-state index in [-0.39, 0.29) is 12.0 Å². The summed E-state index contributed by atoms with van der Waals surface area (Å²) in [6.45, 7) is 6.29. The van der Waals surface area contributed by atoms with Crippen LogP contribution in [-0.2, 0) is 6.42 Å². The average molecular weight is 398 g/mol. The summed E-state index contributed by atoms with van der Waals surface area (Å²) in [6, 6.07) is 17.4. The van der Waals surface area contributed by atoms with Gasteiger partial charge in [0.05, 0.1) is 23.0 Å². The molecule has 28 heavy (non-hydrogen) atoms. The van der Waals surface area contributed by atoms with Gasteiger partial charge in [0.2, 0.25) is 0 Å². The lowest BCUT2D eigenvalue weighted by Crippen LogP contribution is -2.26. The van der Waals surface area contributed by atoms with Gasteiger partial charge < -0.3 is 10.1 Å². The molecule has 0 saturated carbocycles. The molecular formula is C22H24ClN3O2. The van der Waals surface area contributed by atoms with Gasteiger partial charge in [-0.2, -0.15) is 5.10 Å². The van der Waals surface area contributed by atoms with Crippen LogP contribution in [0.15, 0.2) is 54.6 Å². The number of halogens is 1. The van der Waals surface area contributed by atoms with Crippen molar-refractivity contribution in [1.29, 1.82) is 0 Å². The van der Waals surface area contributed by atoms with Crippen LogP contribution in [0.4, 0.5) is 0 Å². The highest BCUT2D eigenvalue weighted by atomic mass is 35.5. The number of hydrogen-bond donors (Lipinski definition) is 1. The molecule has 0 aliphatic carbocycles. The minimum Gasteiger partial charge on any atom is -0.491 e. The second kappa shape index (κ2) is 8.93. The molecule has 0 aliphatic heterocycles. The summed E-state index contributed by atoms with van der Waals surface area (Å²) in [7, 11) is 0. The van der Waals surface area contributed by atoms with Gasteiger partial charge >= 0.3 is 0 Å². The Balaban J connectivity index is 1.62. The summed E-state index contributed by atoms with van der Waals surface area (Å²) in [5, 5.41) is 7.66. The molecular weight excluding hydrogens is 374 g/mol. The van der Waals surface area contributed by atoms with Gasteiger partial charge in [-0.1, -0.05) is 41.9 Å². The van der Waals surface area contributed by atoms with E-state index in [0.717, 1.165) is 23.4 Å². The average Bonchev–Trinajstić information content (AvgIpc) is 2.97. The number of ether oxygens (including phenoxy) is 1. The van der Waals surface area contributed by atoms with E-state index in [1.54, 1.807) is 11.6 Å². The zero-order valence-electron chi connectivity index (χ0n) is 16.3. The van der Waals surface area contributed by atoms with Gasteiger partial charge in [0, 0.05) is 6.54 Å². The SMILES string of the molecule is Cc1nn(-c2ccccc2)c(Cl)c1C(=O)NCCc1ccc(OC(C)C)cc1. The van der Waals surface area contributed by atoms with E-state index in [9.17, 15) is 4.79 Å². The largest absolute Gasteiger partial charge is 0.491 e. The predicted molar refractivity (Wildman–Crippen MR) is 112 cm³/mol. The van der Waals surface area contributed by atoms with Crippen molar-refractivity contribution < 1.29 is 9.53 Å². The third-order valence-corrected chi connectivity index (χ3v) is 4.58. The Labute approximate surface area is 170 Å². The maximum absolute atomic E-state index is 12.6. The fraction of sp³-hybridized carbons (Fsp3) is 0.273. The smallest absolute Gasteiger partial charge is 0.256 e. The summed E-state index contributed by atoms with van der Waals surface area (Å²) in [4.78, 5) is 12.6. The molecule has 0 unspecified atom stereocenters. The summed E-state index contributed by atoms with van der Waals surface area (Å²) in [5.74, 6) is 0.628. The zero-order valence-corrected chi connectivity index (χ0v) is 17.0. The number of aromatic nitrogens is 2. The van der Waals surface area contributed by atoms with Crippen LogP contribution in [0.2, 0.25) is 5.15 Å². The zero-order chi connectivity index (χ0) is 20.1. The Morgan fingerprint density at radius 3 is 2.46 bits per heavy atom. The molecule has 0 bridgehead atoms. The standard InChI is InChI=1S/C22H24ClN3O2/c1-15(2)28-19-11-9-17(10-12-19)13-14-24-22(27)20-16(3)25-26(21(20)23)18-7-5-4-6-8-18/h4-12,15H,13-14H2,1-3H3,(H,24,27). The van der Waals surface area contributed by atoms with Crippen LogP contribution in [0.25, 0.3) is 5.69 Å². The lowest BCUT2D eigenvalue weighted by molar-refractivity contribution is 0.0953. The summed E-state index contributed by atoms with van der Waals surface area (Å²) in [6.07, 6.45) is 0.868. The monoisotopic (exact) mass is 397 g/mol. The van der Waals surface area contributed by atoms with Crippen molar-refractivity contribution >= 4 is 17.5 Å². The topological polar surface area (TPSA) is 56.2 Å². The normalized spacial score (nSPS) is 10.9. The lowest BCUT2D eigenvalue weighted by Gasteiger charge is -2.10. The first-order valence-corrected chi connectivity index (χ1v) is 9.68. The number of benzene rings is 2. The Bertz CT molecular complexity index is 934. The van der Waals surface area contributed by atoms with E-state index in [1.807, 2.05) is 68.4 Å². The fourth-order valence-electron chi connectivity index (χ4n) is 2.91. The Kier molecular flexibility index (Phi) is 6.37. The highest BCUT2D eigenvalue weighted by molar-refractivity contribution is 6.33. The van der Waals surface area contributed by atoms with Crippen molar-refractivity contribution in [2.75, 3.05) is 6.54 Å². The summed E-state index contributed by atoms with van der Waals surface area (Å²) in [5.41, 5.74) is 2.95. The van der Waals surface area contributed by atoms with Gasteiger partial charge in [-0.3, -0.25) is 4.79 Å². The molecule has 3 aromatic rings. The number of carbonyl (C=O) groups is 1. The van der Waals surface area contributed by atoms with Gasteiger partial charge in [-0.15, -0.1) is 0 Å². The molecule has 1 N–H and O–H groups in total. The fourth-order valence-corrected chi connectivity index (χ4v) is 3.27. The number of amides is 1. The van der Waals surface area contributed by atoms with Gasteiger partial charge in [-0.05, 0) is 57.0 Å². The molecule has 1 heterocycles. The predicted octanol–water partition coefficient (Wildman–Crippen LogP) is 4.59. The van der Waals surface area contributed by atoms with E-state index in [0.29, 0.717) is 23.0 Å².